The zero-order chi connectivity index (χ0) is 11.1. The topological polar surface area (TPSA) is 69.2 Å². The van der Waals surface area contributed by atoms with E-state index in [1.165, 1.54) is 6.07 Å². The third-order valence-electron chi connectivity index (χ3n) is 2.66. The van der Waals surface area contributed by atoms with E-state index in [1.807, 2.05) is 0 Å². The number of halogens is 1. The first kappa shape index (κ1) is 10.4. The van der Waals surface area contributed by atoms with Gasteiger partial charge in [-0.15, -0.1) is 0 Å². The number of nitro benzene ring substituents is 1. The maximum absolute atomic E-state index is 10.6. The summed E-state index contributed by atoms with van der Waals surface area (Å²) in [4.78, 5) is 10.2. The third-order valence-corrected chi connectivity index (χ3v) is 2.98. The molecule has 4 nitrogen and oxygen atoms in total. The van der Waals surface area contributed by atoms with Gasteiger partial charge in [-0.25, -0.2) is 0 Å². The van der Waals surface area contributed by atoms with Gasteiger partial charge in [0.2, 0.25) is 0 Å². The molecule has 1 fully saturated rings. The third kappa shape index (κ3) is 2.27. The fraction of sp³-hybridized carbons (Fsp3) is 0.400. The molecule has 0 unspecified atom stereocenters. The fourth-order valence-corrected chi connectivity index (χ4v) is 1.74. The van der Waals surface area contributed by atoms with E-state index in [0.29, 0.717) is 6.42 Å². The van der Waals surface area contributed by atoms with Crippen molar-refractivity contribution < 1.29 is 4.92 Å². The van der Waals surface area contributed by atoms with Gasteiger partial charge in [0.1, 0.15) is 5.02 Å². The molecular formula is C10H11ClN2O2. The summed E-state index contributed by atoms with van der Waals surface area (Å²) in [6.07, 6.45) is 2.66. The van der Waals surface area contributed by atoms with E-state index in [2.05, 4.69) is 0 Å². The lowest BCUT2D eigenvalue weighted by Crippen LogP contribution is -2.24. The molecule has 15 heavy (non-hydrogen) atoms. The fourth-order valence-electron chi connectivity index (χ4n) is 1.55. The maximum atomic E-state index is 10.6. The van der Waals surface area contributed by atoms with E-state index in [-0.39, 0.29) is 16.2 Å². The molecule has 80 valence electrons. The lowest BCUT2D eigenvalue weighted by Gasteiger charge is -2.08. The summed E-state index contributed by atoms with van der Waals surface area (Å²) < 4.78 is 0. The van der Waals surface area contributed by atoms with Crippen LogP contribution in [0, 0.1) is 10.1 Å². The van der Waals surface area contributed by atoms with Gasteiger partial charge < -0.3 is 5.73 Å². The summed E-state index contributed by atoms with van der Waals surface area (Å²) in [5, 5.41) is 10.8. The van der Waals surface area contributed by atoms with Crippen molar-refractivity contribution in [2.24, 2.45) is 5.73 Å². The van der Waals surface area contributed by atoms with E-state index in [9.17, 15) is 10.1 Å². The van der Waals surface area contributed by atoms with Gasteiger partial charge in [0, 0.05) is 11.6 Å². The number of hydrogen-bond donors (Lipinski definition) is 1. The van der Waals surface area contributed by atoms with Gasteiger partial charge in [-0.3, -0.25) is 10.1 Å². The Labute approximate surface area is 92.2 Å². The minimum Gasteiger partial charge on any atom is -0.325 e. The molecule has 0 bridgehead atoms. The SMILES string of the molecule is NC1(Cc2ccc(Cl)c([N+](=O)[O-])c2)CC1. The number of hydrogen-bond acceptors (Lipinski definition) is 3. The summed E-state index contributed by atoms with van der Waals surface area (Å²) in [5.74, 6) is 0. The summed E-state index contributed by atoms with van der Waals surface area (Å²) in [6.45, 7) is 0. The summed E-state index contributed by atoms with van der Waals surface area (Å²) >= 11 is 5.71. The first-order valence-electron chi connectivity index (χ1n) is 4.72. The van der Waals surface area contributed by atoms with Crippen LogP contribution in [0.25, 0.3) is 0 Å². The van der Waals surface area contributed by atoms with Crippen LogP contribution in [-0.4, -0.2) is 10.5 Å². The Bertz CT molecular complexity index is 416. The second kappa shape index (κ2) is 3.47. The normalized spacial score (nSPS) is 17.5. The highest BCUT2D eigenvalue weighted by atomic mass is 35.5. The van der Waals surface area contributed by atoms with E-state index >= 15 is 0 Å². The Morgan fingerprint density at radius 1 is 1.53 bits per heavy atom. The Morgan fingerprint density at radius 2 is 2.20 bits per heavy atom. The summed E-state index contributed by atoms with van der Waals surface area (Å²) in [5.41, 5.74) is 6.64. The molecule has 5 heteroatoms. The molecule has 2 N–H and O–H groups in total. The molecular weight excluding hydrogens is 216 g/mol. The Morgan fingerprint density at radius 3 is 2.73 bits per heavy atom. The van der Waals surface area contributed by atoms with Crippen molar-refractivity contribution in [1.29, 1.82) is 0 Å². The van der Waals surface area contributed by atoms with Crippen LogP contribution in [0.3, 0.4) is 0 Å². The molecule has 0 saturated heterocycles. The van der Waals surface area contributed by atoms with Crippen molar-refractivity contribution >= 4 is 17.3 Å². The summed E-state index contributed by atoms with van der Waals surface area (Å²) in [6, 6.07) is 4.86. The number of nitrogens with zero attached hydrogens (tertiary/aromatic N) is 1. The zero-order valence-electron chi connectivity index (χ0n) is 8.07. The molecule has 2 rings (SSSR count). The maximum Gasteiger partial charge on any atom is 0.288 e. The molecule has 0 aliphatic heterocycles. The lowest BCUT2D eigenvalue weighted by atomic mass is 10.0. The molecule has 1 aliphatic carbocycles. The van der Waals surface area contributed by atoms with Crippen LogP contribution in [0.15, 0.2) is 18.2 Å². The average Bonchev–Trinajstić information content (AvgIpc) is 2.87. The molecule has 0 amide bonds. The molecule has 0 heterocycles. The number of nitro groups is 1. The van der Waals surface area contributed by atoms with Gasteiger partial charge in [-0.1, -0.05) is 17.7 Å². The predicted molar refractivity (Wildman–Crippen MR) is 58.0 cm³/mol. The predicted octanol–water partition coefficient (Wildman–Crippen LogP) is 2.28. The smallest absolute Gasteiger partial charge is 0.288 e. The van der Waals surface area contributed by atoms with Gasteiger partial charge in [-0.05, 0) is 30.9 Å². The van der Waals surface area contributed by atoms with E-state index in [1.54, 1.807) is 12.1 Å². The van der Waals surface area contributed by atoms with E-state index in [0.717, 1.165) is 18.4 Å². The van der Waals surface area contributed by atoms with Crippen molar-refractivity contribution in [3.05, 3.63) is 38.9 Å². The molecule has 1 saturated carbocycles. The summed E-state index contributed by atoms with van der Waals surface area (Å²) in [7, 11) is 0. The van der Waals surface area contributed by atoms with Crippen LogP contribution in [-0.2, 0) is 6.42 Å². The van der Waals surface area contributed by atoms with Crippen LogP contribution in [0.1, 0.15) is 18.4 Å². The number of benzene rings is 1. The lowest BCUT2D eigenvalue weighted by molar-refractivity contribution is -0.384. The standard InChI is InChI=1S/C10H11ClN2O2/c11-8-2-1-7(5-9(8)13(14)15)6-10(12)3-4-10/h1-2,5H,3-4,6,12H2. The van der Waals surface area contributed by atoms with E-state index in [4.69, 9.17) is 17.3 Å². The Hall–Kier alpha value is -1.13. The van der Waals surface area contributed by atoms with Crippen LogP contribution >= 0.6 is 11.6 Å². The van der Waals surface area contributed by atoms with Gasteiger partial charge >= 0.3 is 0 Å². The molecule has 1 aromatic rings. The first-order chi connectivity index (χ1) is 7.00. The molecule has 0 aromatic heterocycles. The van der Waals surface area contributed by atoms with Crippen molar-refractivity contribution in [3.8, 4) is 0 Å². The molecule has 0 spiro atoms. The minimum absolute atomic E-state index is 0.0431. The minimum atomic E-state index is -0.470. The van der Waals surface area contributed by atoms with Gasteiger partial charge in [0.05, 0.1) is 4.92 Å². The molecule has 0 atom stereocenters. The highest BCUT2D eigenvalue weighted by molar-refractivity contribution is 6.32. The van der Waals surface area contributed by atoms with Crippen molar-refractivity contribution in [2.75, 3.05) is 0 Å². The van der Waals surface area contributed by atoms with Crippen molar-refractivity contribution in [2.45, 2.75) is 24.8 Å². The van der Waals surface area contributed by atoms with Crippen LogP contribution < -0.4 is 5.73 Å². The Balaban J connectivity index is 2.26. The van der Waals surface area contributed by atoms with Gasteiger partial charge in [-0.2, -0.15) is 0 Å². The number of rotatable bonds is 3. The van der Waals surface area contributed by atoms with Crippen LogP contribution in [0.2, 0.25) is 5.02 Å². The monoisotopic (exact) mass is 226 g/mol. The highest BCUT2D eigenvalue weighted by Gasteiger charge is 2.38. The highest BCUT2D eigenvalue weighted by Crippen LogP contribution is 2.36. The van der Waals surface area contributed by atoms with Crippen molar-refractivity contribution in [1.82, 2.24) is 0 Å². The molecule has 1 aliphatic rings. The first-order valence-corrected chi connectivity index (χ1v) is 5.10. The average molecular weight is 227 g/mol. The molecule has 0 radical (unpaired) electrons. The number of nitrogens with two attached hydrogens (primary N) is 1. The van der Waals surface area contributed by atoms with Crippen molar-refractivity contribution in [3.63, 3.8) is 0 Å². The van der Waals surface area contributed by atoms with Gasteiger partial charge in [0.25, 0.3) is 5.69 Å². The van der Waals surface area contributed by atoms with Crippen LogP contribution in [0.4, 0.5) is 5.69 Å². The second-order valence-corrected chi connectivity index (χ2v) is 4.49. The Kier molecular flexibility index (Phi) is 2.40. The second-order valence-electron chi connectivity index (χ2n) is 4.08. The van der Waals surface area contributed by atoms with Crippen LogP contribution in [0.5, 0.6) is 0 Å². The molecule has 1 aromatic carbocycles. The quantitative estimate of drug-likeness (QED) is 0.635. The largest absolute Gasteiger partial charge is 0.325 e. The zero-order valence-corrected chi connectivity index (χ0v) is 8.83. The van der Waals surface area contributed by atoms with Gasteiger partial charge in [0.15, 0.2) is 0 Å². The van der Waals surface area contributed by atoms with E-state index < -0.39 is 4.92 Å².